The molecule has 0 amide bonds. The third-order valence-corrected chi connectivity index (χ3v) is 10.4. The van der Waals surface area contributed by atoms with Crippen molar-refractivity contribution in [2.24, 2.45) is 0 Å². The molecule has 0 saturated carbocycles. The van der Waals surface area contributed by atoms with E-state index in [1.54, 1.807) is 0 Å². The van der Waals surface area contributed by atoms with Crippen LogP contribution in [-0.2, 0) is 32.7 Å². The quantitative estimate of drug-likeness (QED) is 0.0280. The Bertz CT molecular complexity index is 1010. The van der Waals surface area contributed by atoms with Gasteiger partial charge in [0.1, 0.15) is 6.61 Å². The average Bonchev–Trinajstić information content (AvgIpc) is 3.15. The molecule has 0 aliphatic carbocycles. The maximum Gasteiger partial charge on any atom is 0.472 e. The van der Waals surface area contributed by atoms with Crippen molar-refractivity contribution >= 4 is 19.8 Å². The van der Waals surface area contributed by atoms with E-state index in [1.165, 1.54) is 116 Å². The van der Waals surface area contributed by atoms with E-state index >= 15 is 0 Å². The molecule has 0 aromatic heterocycles. The minimum absolute atomic E-state index is 0.000855. The second kappa shape index (κ2) is 40.4. The Labute approximate surface area is 338 Å². The predicted octanol–water partition coefficient (Wildman–Crippen LogP) is 12.8. The number of hydrogen-bond acceptors (Lipinski definition) is 8. The molecule has 0 aliphatic rings. The Balaban J connectivity index is 4.36. The lowest BCUT2D eigenvalue weighted by molar-refractivity contribution is -0.161. The van der Waals surface area contributed by atoms with Gasteiger partial charge < -0.3 is 19.3 Å². The lowest BCUT2D eigenvalue weighted by Crippen LogP contribution is -2.29. The summed E-state index contributed by atoms with van der Waals surface area (Å²) in [6.45, 7) is 4.27. The van der Waals surface area contributed by atoms with Crippen LogP contribution in [0.4, 0.5) is 0 Å². The maximum absolute atomic E-state index is 12.6. The van der Waals surface area contributed by atoms with Gasteiger partial charge in [-0.1, -0.05) is 172 Å². The summed E-state index contributed by atoms with van der Waals surface area (Å²) in [5, 5.41) is 0. The Morgan fingerprint density at radius 2 is 1.00 bits per heavy atom. The lowest BCUT2D eigenvalue weighted by atomic mass is 10.0. The van der Waals surface area contributed by atoms with Gasteiger partial charge in [0.2, 0.25) is 0 Å². The van der Waals surface area contributed by atoms with E-state index in [1.807, 2.05) is 19.0 Å². The zero-order valence-corrected chi connectivity index (χ0v) is 36.8. The van der Waals surface area contributed by atoms with E-state index in [0.717, 1.165) is 44.9 Å². The normalized spacial score (nSPS) is 13.7. The van der Waals surface area contributed by atoms with Crippen LogP contribution in [0.2, 0.25) is 0 Å². The molecule has 0 heterocycles. The summed E-state index contributed by atoms with van der Waals surface area (Å²) in [6.07, 6.45) is 43.4. The number of carbonyl (C=O) groups excluding carboxylic acids is 2. The number of carbonyl (C=O) groups is 2. The smallest absolute Gasteiger partial charge is 0.462 e. The summed E-state index contributed by atoms with van der Waals surface area (Å²) < 4.78 is 33.4. The fourth-order valence-electron chi connectivity index (χ4n) is 6.00. The molecule has 55 heavy (non-hydrogen) atoms. The standard InChI is InChI=1S/C45H84NO8P/c1-5-7-9-11-13-15-17-19-21-22-24-26-28-30-32-34-36-38-45(48)54-43(42-53-55(49,50)52-40-39-46(3)4)41-51-44(47)37-35-33-31-29-27-25-23-20-18-16-14-12-10-8-6-2/h19,21,24,26,30,32,43H,5-18,20,22-23,25,27-29,31,33-42H2,1-4H3,(H,49,50)/b21-19-,26-24-,32-30-. The van der Waals surface area contributed by atoms with Crippen molar-refractivity contribution in [1.29, 1.82) is 0 Å². The highest BCUT2D eigenvalue weighted by atomic mass is 31.2. The van der Waals surface area contributed by atoms with Crippen molar-refractivity contribution < 1.29 is 37.6 Å². The van der Waals surface area contributed by atoms with E-state index in [4.69, 9.17) is 18.5 Å². The van der Waals surface area contributed by atoms with Crippen molar-refractivity contribution in [3.05, 3.63) is 36.5 Å². The van der Waals surface area contributed by atoms with E-state index in [2.05, 4.69) is 50.3 Å². The van der Waals surface area contributed by atoms with Crippen LogP contribution in [0.3, 0.4) is 0 Å². The average molecular weight is 798 g/mol. The number of nitrogens with zero attached hydrogens (tertiary/aromatic N) is 1. The summed E-state index contributed by atoms with van der Waals surface area (Å²) in [5.74, 6) is -0.858. The molecule has 0 radical (unpaired) electrons. The topological polar surface area (TPSA) is 112 Å². The van der Waals surface area contributed by atoms with E-state index in [-0.39, 0.29) is 32.0 Å². The molecular formula is C45H84NO8P. The molecule has 0 spiro atoms. The Kier molecular flexibility index (Phi) is 39.1. The second-order valence-corrected chi connectivity index (χ2v) is 16.7. The summed E-state index contributed by atoms with van der Waals surface area (Å²) in [6, 6.07) is 0. The van der Waals surface area contributed by atoms with Crippen LogP contribution in [0.1, 0.15) is 194 Å². The highest BCUT2D eigenvalue weighted by molar-refractivity contribution is 7.47. The van der Waals surface area contributed by atoms with Crippen molar-refractivity contribution in [1.82, 2.24) is 4.90 Å². The zero-order valence-electron chi connectivity index (χ0n) is 35.9. The Morgan fingerprint density at radius 3 is 1.51 bits per heavy atom. The van der Waals surface area contributed by atoms with Crippen molar-refractivity contribution in [3.63, 3.8) is 0 Å². The van der Waals surface area contributed by atoms with Gasteiger partial charge in [-0.2, -0.15) is 0 Å². The summed E-state index contributed by atoms with van der Waals surface area (Å²) in [5.41, 5.74) is 0. The number of unbranched alkanes of at least 4 members (excludes halogenated alkanes) is 21. The van der Waals surface area contributed by atoms with Crippen LogP contribution in [0, 0.1) is 0 Å². The van der Waals surface area contributed by atoms with E-state index in [0.29, 0.717) is 13.0 Å². The van der Waals surface area contributed by atoms with Crippen molar-refractivity contribution in [2.45, 2.75) is 200 Å². The van der Waals surface area contributed by atoms with Crippen LogP contribution in [0.5, 0.6) is 0 Å². The van der Waals surface area contributed by atoms with Crippen molar-refractivity contribution in [3.8, 4) is 0 Å². The molecule has 0 aromatic rings. The van der Waals surface area contributed by atoms with Gasteiger partial charge in [-0.25, -0.2) is 4.57 Å². The van der Waals surface area contributed by atoms with Gasteiger partial charge in [-0.15, -0.1) is 0 Å². The van der Waals surface area contributed by atoms with Gasteiger partial charge in [0, 0.05) is 19.4 Å². The molecule has 10 heteroatoms. The Morgan fingerprint density at radius 1 is 0.564 bits per heavy atom. The molecule has 0 saturated heterocycles. The number of esters is 2. The van der Waals surface area contributed by atoms with Crippen LogP contribution in [-0.4, -0.2) is 68.3 Å². The van der Waals surface area contributed by atoms with E-state index < -0.39 is 26.5 Å². The highest BCUT2D eigenvalue weighted by Gasteiger charge is 2.26. The largest absolute Gasteiger partial charge is 0.472 e. The summed E-state index contributed by atoms with van der Waals surface area (Å²) in [4.78, 5) is 37.0. The van der Waals surface area contributed by atoms with Gasteiger partial charge in [0.25, 0.3) is 0 Å². The van der Waals surface area contributed by atoms with E-state index in [9.17, 15) is 19.0 Å². The second-order valence-electron chi connectivity index (χ2n) is 15.2. The number of hydrogen-bond donors (Lipinski definition) is 1. The summed E-state index contributed by atoms with van der Waals surface area (Å²) in [7, 11) is -0.733. The van der Waals surface area contributed by atoms with Crippen LogP contribution in [0.15, 0.2) is 36.5 Å². The number of rotatable bonds is 41. The first-order valence-corrected chi connectivity index (χ1v) is 23.8. The Hall–Kier alpha value is -1.77. The third kappa shape index (κ3) is 41.7. The minimum atomic E-state index is -4.37. The fourth-order valence-corrected chi connectivity index (χ4v) is 6.74. The molecule has 0 aliphatic heterocycles. The first kappa shape index (κ1) is 53.2. The van der Waals surface area contributed by atoms with Crippen molar-refractivity contribution in [2.75, 3.05) is 40.5 Å². The molecule has 0 aromatic carbocycles. The third-order valence-electron chi connectivity index (χ3n) is 9.45. The zero-order chi connectivity index (χ0) is 40.5. The van der Waals surface area contributed by atoms with Gasteiger partial charge in [-0.3, -0.25) is 18.6 Å². The molecule has 322 valence electrons. The molecular weight excluding hydrogens is 713 g/mol. The monoisotopic (exact) mass is 798 g/mol. The first-order chi connectivity index (χ1) is 26.7. The number of phosphoric acid groups is 1. The predicted molar refractivity (Wildman–Crippen MR) is 229 cm³/mol. The van der Waals surface area contributed by atoms with Gasteiger partial charge in [0.05, 0.1) is 13.2 Å². The number of likely N-dealkylation sites (N-methyl/N-ethyl adjacent to an activating group) is 1. The molecule has 1 N–H and O–H groups in total. The molecule has 2 atom stereocenters. The molecule has 0 rings (SSSR count). The lowest BCUT2D eigenvalue weighted by Gasteiger charge is -2.20. The highest BCUT2D eigenvalue weighted by Crippen LogP contribution is 2.43. The molecule has 0 bridgehead atoms. The van der Waals surface area contributed by atoms with Gasteiger partial charge >= 0.3 is 19.8 Å². The minimum Gasteiger partial charge on any atom is -0.462 e. The van der Waals surface area contributed by atoms with Crippen LogP contribution >= 0.6 is 7.82 Å². The molecule has 2 unspecified atom stereocenters. The fraction of sp³-hybridized carbons (Fsp3) is 0.822. The number of ether oxygens (including phenoxy) is 2. The summed E-state index contributed by atoms with van der Waals surface area (Å²) >= 11 is 0. The molecule has 9 nitrogen and oxygen atoms in total. The van der Waals surface area contributed by atoms with Gasteiger partial charge in [-0.05, 0) is 59.0 Å². The first-order valence-electron chi connectivity index (χ1n) is 22.3. The number of allylic oxidation sites excluding steroid dienone is 6. The molecule has 0 fully saturated rings. The van der Waals surface area contributed by atoms with Gasteiger partial charge in [0.15, 0.2) is 6.10 Å². The number of phosphoric ester groups is 1. The van der Waals surface area contributed by atoms with Crippen LogP contribution in [0.25, 0.3) is 0 Å². The van der Waals surface area contributed by atoms with Crippen LogP contribution < -0.4 is 0 Å². The SMILES string of the molecule is CCCCCCCC/C=C\C/C=C\C/C=C\CCCC(=O)OC(COC(=O)CCCCCCCCCCCCCCCCC)COP(=O)(O)OCCN(C)C. The maximum atomic E-state index is 12.6.